The predicted octanol–water partition coefficient (Wildman–Crippen LogP) is 4.53. The minimum atomic E-state index is -0.862. The number of aryl methyl sites for hydroxylation is 2. The number of rotatable bonds is 6. The maximum atomic E-state index is 13.1. The van der Waals surface area contributed by atoms with Crippen LogP contribution in [0.3, 0.4) is 0 Å². The number of amides is 1. The minimum absolute atomic E-state index is 0.320. The predicted molar refractivity (Wildman–Crippen MR) is 126 cm³/mol. The number of hydrogen-bond acceptors (Lipinski definition) is 7. The Balaban J connectivity index is 1.94. The molecular weight excluding hydrogens is 430 g/mol. The molecule has 8 heteroatoms. The summed E-state index contributed by atoms with van der Waals surface area (Å²) in [6.07, 6.45) is 4.94. The molecule has 2 aromatic rings. The van der Waals surface area contributed by atoms with Gasteiger partial charge in [0.1, 0.15) is 23.0 Å². The highest BCUT2D eigenvalue weighted by Crippen LogP contribution is 2.34. The Morgan fingerprint density at radius 2 is 1.88 bits per heavy atom. The van der Waals surface area contributed by atoms with Crippen LogP contribution in [0.1, 0.15) is 56.7 Å². The SMILES string of the molecule is CSCC[C@H](NC(=O)OC(C)(C)C)C(=O)Oc1cc(C)cc2oc(=O)c3c(c12)CCCC3. The van der Waals surface area contributed by atoms with Crippen molar-refractivity contribution in [3.05, 3.63) is 39.2 Å². The number of hydrogen-bond donors (Lipinski definition) is 1. The molecule has 1 amide bonds. The topological polar surface area (TPSA) is 94.8 Å². The number of benzene rings is 1. The van der Waals surface area contributed by atoms with E-state index in [9.17, 15) is 14.4 Å². The van der Waals surface area contributed by atoms with Crippen LogP contribution in [0.15, 0.2) is 21.3 Å². The van der Waals surface area contributed by atoms with E-state index in [1.807, 2.05) is 13.2 Å². The van der Waals surface area contributed by atoms with Crippen LogP contribution >= 0.6 is 11.8 Å². The fourth-order valence-electron chi connectivity index (χ4n) is 3.86. The van der Waals surface area contributed by atoms with Crippen LogP contribution in [0.25, 0.3) is 11.0 Å². The average Bonchev–Trinajstić information content (AvgIpc) is 2.69. The standard InChI is InChI=1S/C24H31NO6S/c1-14-12-18-20(15-8-6-7-9-16(15)21(26)29-18)19(13-14)30-22(27)17(10-11-32-5)25-23(28)31-24(2,3)4/h12-13,17H,6-11H2,1-5H3,(H,25,28)/t17-/m0/s1. The molecule has 1 atom stereocenters. The van der Waals surface area contributed by atoms with Crippen molar-refractivity contribution < 1.29 is 23.5 Å². The van der Waals surface area contributed by atoms with Gasteiger partial charge in [0.25, 0.3) is 0 Å². The van der Waals surface area contributed by atoms with Gasteiger partial charge in [-0.05, 0) is 95.1 Å². The highest BCUT2D eigenvalue weighted by atomic mass is 32.2. The van der Waals surface area contributed by atoms with E-state index in [-0.39, 0.29) is 5.63 Å². The van der Waals surface area contributed by atoms with Crippen LogP contribution in [0, 0.1) is 6.92 Å². The zero-order chi connectivity index (χ0) is 23.5. The Bertz CT molecular complexity index is 1070. The summed E-state index contributed by atoms with van der Waals surface area (Å²) in [5.41, 5.74) is 1.78. The van der Waals surface area contributed by atoms with Crippen LogP contribution in [-0.4, -0.2) is 35.7 Å². The molecule has 1 aliphatic carbocycles. The second kappa shape index (κ2) is 9.98. The van der Waals surface area contributed by atoms with Gasteiger partial charge >= 0.3 is 17.7 Å². The third-order valence-electron chi connectivity index (χ3n) is 5.23. The van der Waals surface area contributed by atoms with Crippen LogP contribution < -0.4 is 15.7 Å². The maximum Gasteiger partial charge on any atom is 0.408 e. The normalized spacial score (nSPS) is 14.5. The summed E-state index contributed by atoms with van der Waals surface area (Å²) in [6, 6.07) is 2.70. The van der Waals surface area contributed by atoms with Gasteiger partial charge in [-0.2, -0.15) is 11.8 Å². The Morgan fingerprint density at radius 3 is 2.53 bits per heavy atom. The van der Waals surface area contributed by atoms with Crippen molar-refractivity contribution in [2.24, 2.45) is 0 Å². The lowest BCUT2D eigenvalue weighted by atomic mass is 9.90. The number of ether oxygens (including phenoxy) is 2. The molecule has 0 unspecified atom stereocenters. The van der Waals surface area contributed by atoms with Gasteiger partial charge in [-0.3, -0.25) is 0 Å². The van der Waals surface area contributed by atoms with E-state index < -0.39 is 23.7 Å². The van der Waals surface area contributed by atoms with Gasteiger partial charge in [-0.25, -0.2) is 14.4 Å². The summed E-state index contributed by atoms with van der Waals surface area (Å²) in [7, 11) is 0. The van der Waals surface area contributed by atoms with Crippen molar-refractivity contribution >= 4 is 34.8 Å². The van der Waals surface area contributed by atoms with E-state index in [0.29, 0.717) is 40.9 Å². The molecule has 32 heavy (non-hydrogen) atoms. The van der Waals surface area contributed by atoms with Gasteiger partial charge < -0.3 is 19.2 Å². The van der Waals surface area contributed by atoms with E-state index >= 15 is 0 Å². The first-order chi connectivity index (χ1) is 15.1. The van der Waals surface area contributed by atoms with Crippen LogP contribution in [0.2, 0.25) is 0 Å². The van der Waals surface area contributed by atoms with Crippen molar-refractivity contribution in [2.45, 2.75) is 71.4 Å². The molecule has 1 aliphatic rings. The van der Waals surface area contributed by atoms with Crippen LogP contribution in [0.4, 0.5) is 4.79 Å². The van der Waals surface area contributed by atoms with E-state index in [2.05, 4.69) is 5.32 Å². The second-order valence-electron chi connectivity index (χ2n) is 9.09. The molecule has 0 aliphatic heterocycles. The van der Waals surface area contributed by atoms with Crippen molar-refractivity contribution in [3.63, 3.8) is 0 Å². The van der Waals surface area contributed by atoms with Crippen LogP contribution in [-0.2, 0) is 22.4 Å². The molecule has 1 aromatic heterocycles. The zero-order valence-electron chi connectivity index (χ0n) is 19.3. The highest BCUT2D eigenvalue weighted by Gasteiger charge is 2.28. The van der Waals surface area contributed by atoms with Crippen LogP contribution in [0.5, 0.6) is 5.75 Å². The molecule has 0 spiro atoms. The van der Waals surface area contributed by atoms with E-state index in [0.717, 1.165) is 30.4 Å². The Kier molecular flexibility index (Phi) is 7.54. The molecule has 1 N–H and O–H groups in total. The molecule has 1 heterocycles. The molecule has 1 aromatic carbocycles. The molecule has 7 nitrogen and oxygen atoms in total. The average molecular weight is 462 g/mol. The number of esters is 1. The van der Waals surface area contributed by atoms with Gasteiger partial charge in [0.15, 0.2) is 0 Å². The molecular formula is C24H31NO6S. The van der Waals surface area contributed by atoms with Gasteiger partial charge in [0, 0.05) is 5.56 Å². The van der Waals surface area contributed by atoms with Crippen molar-refractivity contribution in [2.75, 3.05) is 12.0 Å². The molecule has 0 bridgehead atoms. The van der Waals surface area contributed by atoms with E-state index in [1.165, 1.54) is 0 Å². The van der Waals surface area contributed by atoms with Gasteiger partial charge in [0.2, 0.25) is 0 Å². The summed E-state index contributed by atoms with van der Waals surface area (Å²) in [5, 5.41) is 3.31. The number of carbonyl (C=O) groups excluding carboxylic acids is 2. The first-order valence-electron chi connectivity index (χ1n) is 10.9. The number of nitrogens with one attached hydrogen (secondary N) is 1. The smallest absolute Gasteiger partial charge is 0.408 e. The lowest BCUT2D eigenvalue weighted by molar-refractivity contribution is -0.136. The second-order valence-corrected chi connectivity index (χ2v) is 10.1. The fraction of sp³-hybridized carbons (Fsp3) is 0.542. The van der Waals surface area contributed by atoms with Crippen molar-refractivity contribution in [1.29, 1.82) is 0 Å². The summed E-state index contributed by atoms with van der Waals surface area (Å²) in [4.78, 5) is 37.8. The largest absolute Gasteiger partial charge is 0.444 e. The monoisotopic (exact) mass is 461 g/mol. The van der Waals surface area contributed by atoms with Gasteiger partial charge in [-0.15, -0.1) is 0 Å². The summed E-state index contributed by atoms with van der Waals surface area (Å²) in [5.74, 6) is 0.439. The minimum Gasteiger partial charge on any atom is -0.444 e. The molecule has 0 saturated carbocycles. The first-order valence-corrected chi connectivity index (χ1v) is 12.3. The summed E-state index contributed by atoms with van der Waals surface area (Å²) < 4.78 is 16.7. The number of carbonyl (C=O) groups is 2. The highest BCUT2D eigenvalue weighted by molar-refractivity contribution is 7.98. The molecule has 174 valence electrons. The Hall–Kier alpha value is -2.48. The molecule has 3 rings (SSSR count). The zero-order valence-corrected chi connectivity index (χ0v) is 20.1. The maximum absolute atomic E-state index is 13.1. The fourth-order valence-corrected chi connectivity index (χ4v) is 4.33. The van der Waals surface area contributed by atoms with Crippen molar-refractivity contribution in [3.8, 4) is 5.75 Å². The summed E-state index contributed by atoms with van der Waals surface area (Å²) >= 11 is 1.57. The third kappa shape index (κ3) is 5.85. The number of alkyl carbamates (subject to hydrolysis) is 1. The molecule has 0 radical (unpaired) electrons. The quantitative estimate of drug-likeness (QED) is 0.384. The van der Waals surface area contributed by atoms with E-state index in [4.69, 9.17) is 13.9 Å². The van der Waals surface area contributed by atoms with Gasteiger partial charge in [-0.1, -0.05) is 0 Å². The first kappa shape index (κ1) is 24.2. The van der Waals surface area contributed by atoms with Crippen molar-refractivity contribution in [1.82, 2.24) is 5.32 Å². The Morgan fingerprint density at radius 1 is 1.19 bits per heavy atom. The summed E-state index contributed by atoms with van der Waals surface area (Å²) in [6.45, 7) is 7.13. The number of fused-ring (bicyclic) bond motifs is 3. The molecule has 0 fully saturated rings. The lowest BCUT2D eigenvalue weighted by Crippen LogP contribution is -2.45. The number of thioether (sulfide) groups is 1. The lowest BCUT2D eigenvalue weighted by Gasteiger charge is -2.23. The van der Waals surface area contributed by atoms with E-state index in [1.54, 1.807) is 44.7 Å². The third-order valence-corrected chi connectivity index (χ3v) is 5.87. The Labute approximate surface area is 192 Å². The molecule has 0 saturated heterocycles. The van der Waals surface area contributed by atoms with Gasteiger partial charge in [0.05, 0.1) is 5.39 Å².